The van der Waals surface area contributed by atoms with Gasteiger partial charge in [0.1, 0.15) is 5.75 Å². The highest BCUT2D eigenvalue weighted by molar-refractivity contribution is 5.29. The van der Waals surface area contributed by atoms with Gasteiger partial charge in [-0.05, 0) is 68.0 Å². The van der Waals surface area contributed by atoms with Crippen LogP contribution in [-0.4, -0.2) is 31.6 Å². The van der Waals surface area contributed by atoms with Crippen LogP contribution < -0.4 is 10.5 Å². The number of nitrogens with two attached hydrogens (primary N) is 1. The highest BCUT2D eigenvalue weighted by atomic mass is 16.5. The molecule has 25 heavy (non-hydrogen) atoms. The molecule has 3 rings (SSSR count). The molecule has 1 unspecified atom stereocenters. The number of nitrogens with zero attached hydrogens (tertiary/aromatic N) is 1. The van der Waals surface area contributed by atoms with Crippen LogP contribution in [0, 0.1) is 5.92 Å². The molecule has 134 valence electrons. The topological polar surface area (TPSA) is 38.5 Å². The van der Waals surface area contributed by atoms with E-state index in [2.05, 4.69) is 47.4 Å². The number of hydrogen-bond donors (Lipinski definition) is 1. The standard InChI is InChI=1S/C22H30N2O/c1-25-21-9-7-20(8-10-21)22(23)17-19-12-15-24(16-13-19)14-11-18-5-3-2-4-6-18/h2-10,19,22H,11-17,23H2,1H3. The second kappa shape index (κ2) is 9.02. The van der Waals surface area contributed by atoms with Crippen LogP contribution in [0.1, 0.15) is 36.4 Å². The van der Waals surface area contributed by atoms with E-state index < -0.39 is 0 Å². The fourth-order valence-electron chi connectivity index (χ4n) is 3.72. The van der Waals surface area contributed by atoms with Crippen molar-refractivity contribution in [1.82, 2.24) is 4.90 Å². The molecule has 3 nitrogen and oxygen atoms in total. The minimum atomic E-state index is 0.131. The second-order valence-electron chi connectivity index (χ2n) is 7.14. The Labute approximate surface area is 151 Å². The first-order valence-electron chi connectivity index (χ1n) is 9.40. The first-order valence-corrected chi connectivity index (χ1v) is 9.40. The quantitative estimate of drug-likeness (QED) is 0.828. The lowest BCUT2D eigenvalue weighted by molar-refractivity contribution is 0.176. The molecule has 2 aromatic carbocycles. The Balaban J connectivity index is 1.41. The summed E-state index contributed by atoms with van der Waals surface area (Å²) in [4.78, 5) is 2.60. The lowest BCUT2D eigenvalue weighted by atomic mass is 9.88. The summed E-state index contributed by atoms with van der Waals surface area (Å²) < 4.78 is 5.22. The van der Waals surface area contributed by atoms with E-state index in [4.69, 9.17) is 10.5 Å². The number of hydrogen-bond acceptors (Lipinski definition) is 3. The maximum Gasteiger partial charge on any atom is 0.118 e. The van der Waals surface area contributed by atoms with Gasteiger partial charge in [-0.3, -0.25) is 0 Å². The number of benzene rings is 2. The summed E-state index contributed by atoms with van der Waals surface area (Å²) in [5.74, 6) is 1.63. The van der Waals surface area contributed by atoms with Crippen molar-refractivity contribution < 1.29 is 4.74 Å². The molecule has 0 radical (unpaired) electrons. The summed E-state index contributed by atoms with van der Waals surface area (Å²) in [6, 6.07) is 19.1. The van der Waals surface area contributed by atoms with E-state index in [1.807, 2.05) is 12.1 Å². The van der Waals surface area contributed by atoms with Crippen molar-refractivity contribution in [1.29, 1.82) is 0 Å². The minimum absolute atomic E-state index is 0.131. The largest absolute Gasteiger partial charge is 0.497 e. The SMILES string of the molecule is COc1ccc(C(N)CC2CCN(CCc3ccccc3)CC2)cc1. The van der Waals surface area contributed by atoms with Crippen LogP contribution in [0.3, 0.4) is 0 Å². The van der Waals surface area contributed by atoms with Crippen molar-refractivity contribution in [3.63, 3.8) is 0 Å². The van der Waals surface area contributed by atoms with E-state index in [9.17, 15) is 0 Å². The van der Waals surface area contributed by atoms with Crippen LogP contribution in [0.25, 0.3) is 0 Å². The second-order valence-corrected chi connectivity index (χ2v) is 7.14. The molecule has 0 spiro atoms. The summed E-state index contributed by atoms with van der Waals surface area (Å²) >= 11 is 0. The molecule has 1 atom stereocenters. The predicted octanol–water partition coefficient (Wildman–Crippen LogP) is 4.04. The Hall–Kier alpha value is -1.84. The Bertz CT molecular complexity index is 618. The van der Waals surface area contributed by atoms with E-state index in [-0.39, 0.29) is 6.04 Å². The van der Waals surface area contributed by atoms with Crippen molar-refractivity contribution >= 4 is 0 Å². The van der Waals surface area contributed by atoms with Gasteiger partial charge in [-0.25, -0.2) is 0 Å². The maximum atomic E-state index is 6.43. The summed E-state index contributed by atoms with van der Waals surface area (Å²) in [5, 5.41) is 0. The zero-order chi connectivity index (χ0) is 17.5. The molecule has 1 heterocycles. The normalized spacial score (nSPS) is 17.4. The van der Waals surface area contributed by atoms with Gasteiger partial charge >= 0.3 is 0 Å². The molecule has 0 aliphatic carbocycles. The van der Waals surface area contributed by atoms with E-state index in [0.29, 0.717) is 0 Å². The van der Waals surface area contributed by atoms with Gasteiger partial charge in [-0.1, -0.05) is 42.5 Å². The van der Waals surface area contributed by atoms with Crippen molar-refractivity contribution in [2.75, 3.05) is 26.7 Å². The number of piperidine rings is 1. The van der Waals surface area contributed by atoms with Gasteiger partial charge in [0.15, 0.2) is 0 Å². The number of ether oxygens (including phenoxy) is 1. The van der Waals surface area contributed by atoms with E-state index in [1.54, 1.807) is 7.11 Å². The first-order chi connectivity index (χ1) is 12.2. The lowest BCUT2D eigenvalue weighted by Crippen LogP contribution is -2.36. The molecular formula is C22H30N2O. The van der Waals surface area contributed by atoms with Crippen LogP contribution in [0.15, 0.2) is 54.6 Å². The van der Waals surface area contributed by atoms with Gasteiger partial charge in [0.05, 0.1) is 7.11 Å². The summed E-state index contributed by atoms with van der Waals surface area (Å²) in [6.45, 7) is 3.57. The summed E-state index contributed by atoms with van der Waals surface area (Å²) in [7, 11) is 1.69. The highest BCUT2D eigenvalue weighted by Gasteiger charge is 2.21. The molecule has 2 N–H and O–H groups in total. The third kappa shape index (κ3) is 5.32. The number of methoxy groups -OCH3 is 1. The molecule has 2 aromatic rings. The smallest absolute Gasteiger partial charge is 0.118 e. The van der Waals surface area contributed by atoms with Crippen LogP contribution in [0.4, 0.5) is 0 Å². The van der Waals surface area contributed by atoms with Gasteiger partial charge in [0, 0.05) is 12.6 Å². The summed E-state index contributed by atoms with van der Waals surface area (Å²) in [6.07, 6.45) is 4.76. The van der Waals surface area contributed by atoms with Crippen LogP contribution in [0.2, 0.25) is 0 Å². The Morgan fingerprint density at radius 2 is 1.72 bits per heavy atom. The lowest BCUT2D eigenvalue weighted by Gasteiger charge is -2.33. The Kier molecular flexibility index (Phi) is 6.48. The molecule has 0 saturated carbocycles. The highest BCUT2D eigenvalue weighted by Crippen LogP contribution is 2.28. The number of rotatable bonds is 7. The zero-order valence-electron chi connectivity index (χ0n) is 15.2. The predicted molar refractivity (Wildman–Crippen MR) is 104 cm³/mol. The monoisotopic (exact) mass is 338 g/mol. The van der Waals surface area contributed by atoms with Crippen molar-refractivity contribution in [2.45, 2.75) is 31.7 Å². The molecular weight excluding hydrogens is 308 g/mol. The van der Waals surface area contributed by atoms with Gasteiger partial charge in [0.25, 0.3) is 0 Å². The van der Waals surface area contributed by atoms with Gasteiger partial charge in [-0.15, -0.1) is 0 Å². The first kappa shape index (κ1) is 18.0. The maximum absolute atomic E-state index is 6.43. The van der Waals surface area contributed by atoms with Crippen molar-refractivity contribution in [3.05, 3.63) is 65.7 Å². The van der Waals surface area contributed by atoms with Gasteiger partial charge < -0.3 is 15.4 Å². The molecule has 1 aliphatic rings. The third-order valence-corrected chi connectivity index (χ3v) is 5.40. The molecule has 0 aromatic heterocycles. The Morgan fingerprint density at radius 1 is 1.04 bits per heavy atom. The molecule has 1 fully saturated rings. The van der Waals surface area contributed by atoms with Gasteiger partial charge in [0.2, 0.25) is 0 Å². The van der Waals surface area contributed by atoms with E-state index in [1.165, 1.54) is 43.6 Å². The van der Waals surface area contributed by atoms with Crippen LogP contribution >= 0.6 is 0 Å². The average Bonchev–Trinajstić information content (AvgIpc) is 2.68. The Morgan fingerprint density at radius 3 is 2.36 bits per heavy atom. The molecule has 1 saturated heterocycles. The molecule has 0 amide bonds. The van der Waals surface area contributed by atoms with Crippen molar-refractivity contribution in [3.8, 4) is 5.75 Å². The average molecular weight is 338 g/mol. The minimum Gasteiger partial charge on any atom is -0.497 e. The zero-order valence-corrected chi connectivity index (χ0v) is 15.2. The third-order valence-electron chi connectivity index (χ3n) is 5.40. The summed E-state index contributed by atoms with van der Waals surface area (Å²) in [5.41, 5.74) is 9.08. The van der Waals surface area contributed by atoms with Crippen LogP contribution in [0.5, 0.6) is 5.75 Å². The van der Waals surface area contributed by atoms with Crippen molar-refractivity contribution in [2.24, 2.45) is 11.7 Å². The molecule has 1 aliphatic heterocycles. The molecule has 3 heteroatoms. The fourth-order valence-corrected chi connectivity index (χ4v) is 3.72. The van der Waals surface area contributed by atoms with E-state index in [0.717, 1.165) is 24.5 Å². The number of likely N-dealkylation sites (tertiary alicyclic amines) is 1. The molecule has 0 bridgehead atoms. The van der Waals surface area contributed by atoms with Crippen LogP contribution in [-0.2, 0) is 6.42 Å². The fraction of sp³-hybridized carbons (Fsp3) is 0.455. The van der Waals surface area contributed by atoms with Gasteiger partial charge in [-0.2, -0.15) is 0 Å². The van der Waals surface area contributed by atoms with E-state index >= 15 is 0 Å².